The first-order chi connectivity index (χ1) is 14.1. The normalized spacial score (nSPS) is 18.6. The Balaban J connectivity index is 1.32. The lowest BCUT2D eigenvalue weighted by atomic mass is 9.96. The number of hydrogen-bond donors (Lipinski definition) is 2. The molecule has 2 aromatic carbocycles. The first-order valence-electron chi connectivity index (χ1n) is 10.2. The fourth-order valence-electron chi connectivity index (χ4n) is 4.06. The van der Waals surface area contributed by atoms with E-state index in [1.807, 2.05) is 36.4 Å². The van der Waals surface area contributed by atoms with E-state index in [2.05, 4.69) is 10.6 Å². The summed E-state index contributed by atoms with van der Waals surface area (Å²) in [5.74, 6) is 0.729. The minimum atomic E-state index is -0.244. The molecule has 0 radical (unpaired) electrons. The number of benzene rings is 2. The second kappa shape index (κ2) is 8.87. The average molecular weight is 413 g/mol. The van der Waals surface area contributed by atoms with E-state index in [4.69, 9.17) is 16.3 Å². The van der Waals surface area contributed by atoms with Crippen LogP contribution in [0.5, 0.6) is 5.75 Å². The van der Waals surface area contributed by atoms with Crippen LogP contribution in [0.4, 0.5) is 5.69 Å². The van der Waals surface area contributed by atoms with Gasteiger partial charge in [-0.2, -0.15) is 0 Å². The molecule has 4 rings (SSSR count). The third kappa shape index (κ3) is 4.91. The molecule has 0 spiro atoms. The lowest BCUT2D eigenvalue weighted by Crippen LogP contribution is -2.37. The Morgan fingerprint density at radius 2 is 1.86 bits per heavy atom. The average Bonchev–Trinajstić information content (AvgIpc) is 3.27. The fraction of sp³-hybridized carbons (Fsp3) is 0.391. The van der Waals surface area contributed by atoms with Crippen molar-refractivity contribution < 1.29 is 14.3 Å². The summed E-state index contributed by atoms with van der Waals surface area (Å²) in [4.78, 5) is 24.9. The van der Waals surface area contributed by atoms with Crippen molar-refractivity contribution in [2.45, 2.75) is 38.6 Å². The molecular formula is C23H25ClN2O3. The molecule has 0 aromatic heterocycles. The predicted octanol–water partition coefficient (Wildman–Crippen LogP) is 4.34. The quantitative estimate of drug-likeness (QED) is 0.767. The molecule has 1 aliphatic carbocycles. The zero-order valence-corrected chi connectivity index (χ0v) is 17.0. The van der Waals surface area contributed by atoms with E-state index in [0.29, 0.717) is 24.6 Å². The lowest BCUT2D eigenvalue weighted by molar-refractivity contribution is -0.126. The molecule has 152 valence electrons. The maximum absolute atomic E-state index is 12.6. The molecule has 1 unspecified atom stereocenters. The first-order valence-corrected chi connectivity index (χ1v) is 10.5. The second-order valence-corrected chi connectivity index (χ2v) is 8.29. The van der Waals surface area contributed by atoms with Gasteiger partial charge in [0, 0.05) is 23.2 Å². The van der Waals surface area contributed by atoms with E-state index in [0.717, 1.165) is 48.2 Å². The van der Waals surface area contributed by atoms with Gasteiger partial charge in [-0.05, 0) is 60.7 Å². The Morgan fingerprint density at radius 3 is 2.69 bits per heavy atom. The molecule has 0 saturated heterocycles. The molecule has 5 nitrogen and oxygen atoms in total. The van der Waals surface area contributed by atoms with Crippen molar-refractivity contribution in [3.05, 3.63) is 58.6 Å². The van der Waals surface area contributed by atoms with Gasteiger partial charge in [-0.3, -0.25) is 9.59 Å². The van der Waals surface area contributed by atoms with Crippen LogP contribution in [-0.2, 0) is 22.6 Å². The van der Waals surface area contributed by atoms with Crippen molar-refractivity contribution in [3.63, 3.8) is 0 Å². The molecule has 1 heterocycles. The second-order valence-electron chi connectivity index (χ2n) is 7.85. The molecular weight excluding hydrogens is 388 g/mol. The summed E-state index contributed by atoms with van der Waals surface area (Å²) in [7, 11) is 0. The Bertz CT molecular complexity index is 909. The van der Waals surface area contributed by atoms with Gasteiger partial charge in [0.25, 0.3) is 0 Å². The predicted molar refractivity (Wildman–Crippen MR) is 113 cm³/mol. The van der Waals surface area contributed by atoms with Crippen LogP contribution >= 0.6 is 11.6 Å². The Hall–Kier alpha value is -2.53. The number of anilines is 1. The van der Waals surface area contributed by atoms with Crippen LogP contribution in [0.3, 0.4) is 0 Å². The summed E-state index contributed by atoms with van der Waals surface area (Å²) in [6, 6.07) is 13.1. The van der Waals surface area contributed by atoms with Crippen LogP contribution in [-0.4, -0.2) is 18.4 Å². The van der Waals surface area contributed by atoms with Crippen LogP contribution in [0.2, 0.25) is 5.02 Å². The SMILES string of the molecule is O=C(NCc1cccc(NC(=O)C2CCCC2)c1)C1COc2ccc(Cl)cc2C1. The van der Waals surface area contributed by atoms with Crippen molar-refractivity contribution in [1.82, 2.24) is 5.32 Å². The van der Waals surface area contributed by atoms with Gasteiger partial charge in [-0.1, -0.05) is 36.6 Å². The minimum Gasteiger partial charge on any atom is -0.492 e. The van der Waals surface area contributed by atoms with Crippen LogP contribution in [0.1, 0.15) is 36.8 Å². The highest BCUT2D eigenvalue weighted by Gasteiger charge is 2.26. The van der Waals surface area contributed by atoms with Crippen molar-refractivity contribution in [2.24, 2.45) is 11.8 Å². The Labute approximate surface area is 175 Å². The van der Waals surface area contributed by atoms with E-state index >= 15 is 0 Å². The molecule has 1 atom stereocenters. The number of halogens is 1. The van der Waals surface area contributed by atoms with E-state index in [-0.39, 0.29) is 23.7 Å². The third-order valence-electron chi connectivity index (χ3n) is 5.69. The molecule has 2 N–H and O–H groups in total. The summed E-state index contributed by atoms with van der Waals surface area (Å²) in [6.45, 7) is 0.767. The van der Waals surface area contributed by atoms with Gasteiger partial charge >= 0.3 is 0 Å². The standard InChI is InChI=1S/C23H25ClN2O3/c24-19-8-9-21-17(12-19)11-18(14-29-21)22(27)25-13-15-4-3-7-20(10-15)26-23(28)16-5-1-2-6-16/h3-4,7-10,12,16,18H,1-2,5-6,11,13-14H2,(H,25,27)(H,26,28). The third-order valence-corrected chi connectivity index (χ3v) is 5.92. The molecule has 1 fully saturated rings. The highest BCUT2D eigenvalue weighted by molar-refractivity contribution is 6.30. The van der Waals surface area contributed by atoms with E-state index in [1.54, 1.807) is 6.07 Å². The highest BCUT2D eigenvalue weighted by atomic mass is 35.5. The van der Waals surface area contributed by atoms with E-state index in [9.17, 15) is 9.59 Å². The molecule has 29 heavy (non-hydrogen) atoms. The number of amides is 2. The summed E-state index contributed by atoms with van der Waals surface area (Å²) in [5, 5.41) is 6.64. The summed E-state index contributed by atoms with van der Waals surface area (Å²) in [5.41, 5.74) is 2.68. The van der Waals surface area contributed by atoms with E-state index in [1.165, 1.54) is 0 Å². The van der Waals surface area contributed by atoms with Crippen LogP contribution in [0, 0.1) is 11.8 Å². The molecule has 2 aromatic rings. The summed E-state index contributed by atoms with van der Waals surface area (Å²) < 4.78 is 5.71. The van der Waals surface area contributed by atoms with Crippen LogP contribution in [0.25, 0.3) is 0 Å². The molecule has 2 amide bonds. The Kier molecular flexibility index (Phi) is 6.05. The maximum atomic E-state index is 12.6. The number of fused-ring (bicyclic) bond motifs is 1. The number of rotatable bonds is 5. The zero-order chi connectivity index (χ0) is 20.2. The van der Waals surface area contributed by atoms with Crippen LogP contribution < -0.4 is 15.4 Å². The molecule has 2 aliphatic rings. The minimum absolute atomic E-state index is 0.0454. The lowest BCUT2D eigenvalue weighted by Gasteiger charge is -2.24. The number of carbonyl (C=O) groups excluding carboxylic acids is 2. The number of ether oxygens (including phenoxy) is 1. The monoisotopic (exact) mass is 412 g/mol. The van der Waals surface area contributed by atoms with Crippen molar-refractivity contribution >= 4 is 29.1 Å². The summed E-state index contributed by atoms with van der Waals surface area (Å²) in [6.07, 6.45) is 4.81. The van der Waals surface area contributed by atoms with Crippen LogP contribution in [0.15, 0.2) is 42.5 Å². The smallest absolute Gasteiger partial charge is 0.227 e. The molecule has 1 saturated carbocycles. The molecule has 1 aliphatic heterocycles. The maximum Gasteiger partial charge on any atom is 0.227 e. The van der Waals surface area contributed by atoms with Gasteiger partial charge in [0.15, 0.2) is 0 Å². The number of nitrogens with one attached hydrogen (secondary N) is 2. The first kappa shape index (κ1) is 19.8. The highest BCUT2D eigenvalue weighted by Crippen LogP contribution is 2.30. The van der Waals surface area contributed by atoms with Gasteiger partial charge in [-0.15, -0.1) is 0 Å². The van der Waals surface area contributed by atoms with Gasteiger partial charge in [-0.25, -0.2) is 0 Å². The molecule has 0 bridgehead atoms. The molecule has 6 heteroatoms. The van der Waals surface area contributed by atoms with Gasteiger partial charge in [0.05, 0.1) is 5.92 Å². The van der Waals surface area contributed by atoms with Crippen molar-refractivity contribution in [2.75, 3.05) is 11.9 Å². The largest absolute Gasteiger partial charge is 0.492 e. The number of hydrogen-bond acceptors (Lipinski definition) is 3. The van der Waals surface area contributed by atoms with E-state index < -0.39 is 0 Å². The Morgan fingerprint density at radius 1 is 1.03 bits per heavy atom. The summed E-state index contributed by atoms with van der Waals surface area (Å²) >= 11 is 6.05. The number of carbonyl (C=O) groups is 2. The zero-order valence-electron chi connectivity index (χ0n) is 16.2. The van der Waals surface area contributed by atoms with Gasteiger partial charge in [0.1, 0.15) is 12.4 Å². The topological polar surface area (TPSA) is 67.4 Å². The van der Waals surface area contributed by atoms with Gasteiger partial charge in [0.2, 0.25) is 11.8 Å². The van der Waals surface area contributed by atoms with Gasteiger partial charge < -0.3 is 15.4 Å². The fourth-order valence-corrected chi connectivity index (χ4v) is 4.25. The van der Waals surface area contributed by atoms with Crippen molar-refractivity contribution in [3.8, 4) is 5.75 Å². The van der Waals surface area contributed by atoms with Crippen molar-refractivity contribution in [1.29, 1.82) is 0 Å².